The van der Waals surface area contributed by atoms with Crippen molar-refractivity contribution in [1.82, 2.24) is 14.8 Å². The maximum Gasteiger partial charge on any atom is 0.416 e. The Balaban J connectivity index is 1.33. The third-order valence-electron chi connectivity index (χ3n) is 7.08. The fourth-order valence-corrected chi connectivity index (χ4v) is 6.37. The molecule has 0 unspecified atom stereocenters. The fraction of sp³-hybridized carbons (Fsp3) is 0.379. The van der Waals surface area contributed by atoms with Crippen molar-refractivity contribution in [2.24, 2.45) is 5.92 Å². The Morgan fingerprint density at radius 3 is 2.38 bits per heavy atom. The van der Waals surface area contributed by atoms with Gasteiger partial charge in [-0.25, -0.2) is 18.4 Å². The van der Waals surface area contributed by atoms with E-state index in [1.807, 2.05) is 19.1 Å². The van der Waals surface area contributed by atoms with Gasteiger partial charge in [0.2, 0.25) is 0 Å². The molecule has 1 N–H and O–H groups in total. The predicted molar refractivity (Wildman–Crippen MR) is 143 cm³/mol. The first-order valence-electron chi connectivity index (χ1n) is 12.7. The Kier molecular flexibility index (Phi) is 9.27. The van der Waals surface area contributed by atoms with Gasteiger partial charge in [-0.2, -0.15) is 30.0 Å². The molecule has 1 aliphatic rings. The zero-order valence-electron chi connectivity index (χ0n) is 21.4. The molecule has 4 rings (SSSR count). The van der Waals surface area contributed by atoms with Gasteiger partial charge < -0.3 is 5.11 Å². The van der Waals surface area contributed by atoms with Gasteiger partial charge >= 0.3 is 6.18 Å². The summed E-state index contributed by atoms with van der Waals surface area (Å²) in [6, 6.07) is 8.24. The lowest BCUT2D eigenvalue weighted by Gasteiger charge is -2.37. The zero-order chi connectivity index (χ0) is 28.0. The third-order valence-corrected chi connectivity index (χ3v) is 8.73. The largest absolute Gasteiger partial charge is 0.416 e. The van der Waals surface area contributed by atoms with E-state index in [-0.39, 0.29) is 17.4 Å². The van der Waals surface area contributed by atoms with Crippen molar-refractivity contribution in [3.8, 4) is 0 Å². The second-order valence-electron chi connectivity index (χ2n) is 9.82. The van der Waals surface area contributed by atoms with Crippen molar-refractivity contribution in [3.63, 3.8) is 0 Å². The highest BCUT2D eigenvalue weighted by atomic mass is 32.2. The molecule has 2 atom stereocenters. The van der Waals surface area contributed by atoms with E-state index in [1.54, 1.807) is 17.8 Å². The van der Waals surface area contributed by atoms with Crippen LogP contribution in [0.15, 0.2) is 73.3 Å². The van der Waals surface area contributed by atoms with E-state index in [4.69, 9.17) is 0 Å². The molecule has 1 aromatic heterocycles. The SMILES string of the molecule is C[C@@H](SC1CCC(C=CC=Cc2ccc(C(F)(F)F)cc2)CC1)[C@](O)(Cn1cncn1)c1ccc(F)cc1F. The van der Waals surface area contributed by atoms with Crippen LogP contribution in [-0.4, -0.2) is 30.4 Å². The molecule has 1 saturated carbocycles. The van der Waals surface area contributed by atoms with Crippen molar-refractivity contribution in [1.29, 1.82) is 0 Å². The van der Waals surface area contributed by atoms with Crippen LogP contribution in [0.2, 0.25) is 0 Å². The molecule has 1 aliphatic carbocycles. The summed E-state index contributed by atoms with van der Waals surface area (Å²) in [4.78, 5) is 3.91. The summed E-state index contributed by atoms with van der Waals surface area (Å²) >= 11 is 1.60. The van der Waals surface area contributed by atoms with Crippen LogP contribution in [0.4, 0.5) is 22.0 Å². The van der Waals surface area contributed by atoms with E-state index in [0.717, 1.165) is 49.9 Å². The Hall–Kier alpha value is -2.98. The normalized spacial score (nSPS) is 20.9. The summed E-state index contributed by atoms with van der Waals surface area (Å²) in [5.74, 6) is -1.14. The summed E-state index contributed by atoms with van der Waals surface area (Å²) in [5, 5.41) is 15.6. The van der Waals surface area contributed by atoms with Crippen molar-refractivity contribution < 1.29 is 27.1 Å². The van der Waals surface area contributed by atoms with Crippen molar-refractivity contribution in [3.05, 3.63) is 102 Å². The van der Waals surface area contributed by atoms with Gasteiger partial charge in [-0.3, -0.25) is 0 Å². The van der Waals surface area contributed by atoms with E-state index in [9.17, 15) is 27.1 Å². The minimum atomic E-state index is -4.34. The van der Waals surface area contributed by atoms with Crippen molar-refractivity contribution in [2.75, 3.05) is 0 Å². The van der Waals surface area contributed by atoms with Gasteiger partial charge in [-0.05, 0) is 55.4 Å². The van der Waals surface area contributed by atoms with Gasteiger partial charge in [0.25, 0.3) is 0 Å². The molecule has 0 saturated heterocycles. The lowest BCUT2D eigenvalue weighted by atomic mass is 9.88. The quantitative estimate of drug-likeness (QED) is 0.218. The summed E-state index contributed by atoms with van der Waals surface area (Å²) < 4.78 is 67.9. The molecule has 208 valence electrons. The van der Waals surface area contributed by atoms with Gasteiger partial charge in [0, 0.05) is 22.1 Å². The molecule has 0 amide bonds. The summed E-state index contributed by atoms with van der Waals surface area (Å²) in [7, 11) is 0. The Bertz CT molecular complexity index is 1270. The Morgan fingerprint density at radius 2 is 1.77 bits per heavy atom. The van der Waals surface area contributed by atoms with Crippen LogP contribution in [0.5, 0.6) is 0 Å². The molecule has 1 heterocycles. The number of benzene rings is 2. The smallest absolute Gasteiger partial charge is 0.382 e. The van der Waals surface area contributed by atoms with Crippen molar-refractivity contribution in [2.45, 2.75) is 61.4 Å². The Labute approximate surface area is 228 Å². The number of nitrogens with zero attached hydrogens (tertiary/aromatic N) is 3. The summed E-state index contributed by atoms with van der Waals surface area (Å²) in [5.41, 5.74) is -1.58. The van der Waals surface area contributed by atoms with Crippen LogP contribution >= 0.6 is 11.8 Å². The first-order chi connectivity index (χ1) is 18.5. The van der Waals surface area contributed by atoms with E-state index in [2.05, 4.69) is 16.2 Å². The van der Waals surface area contributed by atoms with Gasteiger partial charge in [0.05, 0.1) is 12.1 Å². The molecular formula is C29H30F5N3OS. The molecule has 4 nitrogen and oxygen atoms in total. The molecule has 2 aromatic carbocycles. The minimum absolute atomic E-state index is 0.0208. The standard InChI is InChI=1S/C29H30F5N3OS/c1-20(28(38,17-37-19-35-18-36-37)26-15-12-24(30)16-27(26)31)39-25-13-8-22(9-14-25)5-3-2-4-21-6-10-23(11-7-21)29(32,33)34/h2-7,10-12,15-16,18-20,22,25,38H,8-9,13-14,17H2,1H3/t20-,22?,25?,28-/m1/s1. The number of thioether (sulfide) groups is 1. The maximum absolute atomic E-state index is 14.8. The van der Waals surface area contributed by atoms with Gasteiger partial charge in [0.15, 0.2) is 0 Å². The van der Waals surface area contributed by atoms with Crippen LogP contribution in [0.3, 0.4) is 0 Å². The fourth-order valence-electron chi connectivity index (χ4n) is 4.82. The van der Waals surface area contributed by atoms with Crippen LogP contribution in [0, 0.1) is 17.6 Å². The molecule has 0 spiro atoms. The number of hydrogen-bond acceptors (Lipinski definition) is 4. The molecular weight excluding hydrogens is 533 g/mol. The average molecular weight is 564 g/mol. The van der Waals surface area contributed by atoms with Gasteiger partial charge in [-0.1, -0.05) is 49.4 Å². The highest BCUT2D eigenvalue weighted by Gasteiger charge is 2.41. The van der Waals surface area contributed by atoms with Gasteiger partial charge in [-0.15, -0.1) is 0 Å². The molecule has 39 heavy (non-hydrogen) atoms. The topological polar surface area (TPSA) is 50.9 Å². The van der Waals surface area contributed by atoms with Gasteiger partial charge in [0.1, 0.15) is 29.9 Å². The second-order valence-corrected chi connectivity index (χ2v) is 11.5. The van der Waals surface area contributed by atoms with Crippen molar-refractivity contribution >= 4 is 17.8 Å². The Morgan fingerprint density at radius 1 is 1.05 bits per heavy atom. The molecule has 0 radical (unpaired) electrons. The van der Waals surface area contributed by atoms with Crippen LogP contribution in [0.25, 0.3) is 6.08 Å². The predicted octanol–water partition coefficient (Wildman–Crippen LogP) is 7.41. The van der Waals surface area contributed by atoms with Crippen LogP contribution in [-0.2, 0) is 18.3 Å². The molecule has 1 fully saturated rings. The summed E-state index contributed by atoms with van der Waals surface area (Å²) in [6.45, 7) is 1.83. The second kappa shape index (κ2) is 12.5. The number of rotatable bonds is 9. The minimum Gasteiger partial charge on any atom is -0.382 e. The van der Waals surface area contributed by atoms with Crippen LogP contribution < -0.4 is 0 Å². The molecule has 3 aromatic rings. The molecule has 0 bridgehead atoms. The number of hydrogen-bond donors (Lipinski definition) is 1. The first kappa shape index (κ1) is 29.0. The van der Waals surface area contributed by atoms with E-state index >= 15 is 0 Å². The van der Waals surface area contributed by atoms with Crippen LogP contribution in [0.1, 0.15) is 49.3 Å². The maximum atomic E-state index is 14.8. The van der Waals surface area contributed by atoms with E-state index in [1.165, 1.54) is 35.5 Å². The third kappa shape index (κ3) is 7.57. The number of aromatic nitrogens is 3. The lowest BCUT2D eigenvalue weighted by Crippen LogP contribution is -2.42. The zero-order valence-corrected chi connectivity index (χ0v) is 22.2. The van der Waals surface area contributed by atoms with E-state index < -0.39 is 34.2 Å². The van der Waals surface area contributed by atoms with E-state index in [0.29, 0.717) is 11.5 Å². The summed E-state index contributed by atoms with van der Waals surface area (Å²) in [6.07, 6.45) is 9.80. The number of allylic oxidation sites excluding steroid dienone is 3. The number of aliphatic hydroxyl groups is 1. The monoisotopic (exact) mass is 563 g/mol. The first-order valence-corrected chi connectivity index (χ1v) is 13.7. The molecule has 0 aliphatic heterocycles. The molecule has 10 heteroatoms. The number of alkyl halides is 3. The number of halogens is 5. The lowest BCUT2D eigenvalue weighted by molar-refractivity contribution is -0.137. The highest BCUT2D eigenvalue weighted by molar-refractivity contribution is 8.00. The average Bonchev–Trinajstić information content (AvgIpc) is 3.40. The highest BCUT2D eigenvalue weighted by Crippen LogP contribution is 2.42.